The lowest BCUT2D eigenvalue weighted by molar-refractivity contribution is -0.117. The normalized spacial score (nSPS) is 17.6. The number of amides is 1. The molecule has 3 heterocycles. The minimum absolute atomic E-state index is 0.00764. The van der Waals surface area contributed by atoms with E-state index < -0.39 is 5.67 Å². The molecule has 0 atom stereocenters. The maximum Gasteiger partial charge on any atom is 0.228 e. The first kappa shape index (κ1) is 17.9. The second-order valence-corrected chi connectivity index (χ2v) is 7.66. The Labute approximate surface area is 166 Å². The van der Waals surface area contributed by atoms with Crippen LogP contribution < -0.4 is 16.0 Å². The van der Waals surface area contributed by atoms with Crippen LogP contribution in [-0.2, 0) is 4.79 Å². The van der Waals surface area contributed by atoms with Gasteiger partial charge in [-0.05, 0) is 31.0 Å². The second kappa shape index (κ2) is 7.00. The molecule has 1 aliphatic carbocycles. The van der Waals surface area contributed by atoms with Crippen LogP contribution in [0.15, 0.2) is 36.7 Å². The van der Waals surface area contributed by atoms with Crippen LogP contribution in [0.4, 0.5) is 16.0 Å². The van der Waals surface area contributed by atoms with E-state index in [0.717, 1.165) is 29.3 Å². The zero-order valence-electron chi connectivity index (χ0n) is 15.7. The average Bonchev–Trinajstić information content (AvgIpc) is 3.56. The summed E-state index contributed by atoms with van der Waals surface area (Å²) < 4.78 is 14.2. The number of rotatable bonds is 6. The first-order chi connectivity index (χ1) is 14.1. The predicted molar refractivity (Wildman–Crippen MR) is 107 cm³/mol. The van der Waals surface area contributed by atoms with E-state index in [2.05, 4.69) is 36.1 Å². The molecule has 2 aliphatic rings. The summed E-state index contributed by atoms with van der Waals surface area (Å²) in [7, 11) is 0. The Balaban J connectivity index is 1.37. The van der Waals surface area contributed by atoms with Gasteiger partial charge in [-0.2, -0.15) is 0 Å². The van der Waals surface area contributed by atoms with Gasteiger partial charge in [-0.1, -0.05) is 6.07 Å². The van der Waals surface area contributed by atoms with Crippen LogP contribution >= 0.6 is 0 Å². The third-order valence-electron chi connectivity index (χ3n) is 5.18. The fraction of sp³-hybridized carbons (Fsp3) is 0.350. The molecule has 0 bridgehead atoms. The van der Waals surface area contributed by atoms with Crippen molar-refractivity contribution in [1.29, 1.82) is 0 Å². The molecule has 3 aromatic rings. The van der Waals surface area contributed by atoms with E-state index >= 15 is 0 Å². The molecule has 2 fully saturated rings. The fourth-order valence-electron chi connectivity index (χ4n) is 3.20. The van der Waals surface area contributed by atoms with Crippen molar-refractivity contribution in [3.8, 4) is 11.3 Å². The van der Waals surface area contributed by atoms with Crippen molar-refractivity contribution in [2.45, 2.75) is 18.5 Å². The summed E-state index contributed by atoms with van der Waals surface area (Å²) in [5, 5.41) is 17.9. The molecule has 1 aliphatic heterocycles. The zero-order valence-corrected chi connectivity index (χ0v) is 15.7. The van der Waals surface area contributed by atoms with Crippen LogP contribution in [0.3, 0.4) is 0 Å². The molecule has 1 saturated carbocycles. The van der Waals surface area contributed by atoms with Gasteiger partial charge >= 0.3 is 0 Å². The van der Waals surface area contributed by atoms with Crippen molar-refractivity contribution in [3.63, 3.8) is 0 Å². The number of halogens is 1. The Morgan fingerprint density at radius 2 is 2.03 bits per heavy atom. The Hall–Kier alpha value is -3.20. The number of carbonyl (C=O) groups excluding carboxylic acids is 1. The second-order valence-electron chi connectivity index (χ2n) is 7.66. The van der Waals surface area contributed by atoms with E-state index in [-0.39, 0.29) is 18.4 Å². The first-order valence-corrected chi connectivity index (χ1v) is 9.62. The first-order valence-electron chi connectivity index (χ1n) is 9.62. The highest BCUT2D eigenvalue weighted by molar-refractivity contribution is 5.95. The highest BCUT2D eigenvalue weighted by atomic mass is 19.1. The lowest BCUT2D eigenvalue weighted by Gasteiger charge is -2.35. The van der Waals surface area contributed by atoms with Crippen LogP contribution in [0.25, 0.3) is 22.2 Å². The van der Waals surface area contributed by atoms with Gasteiger partial charge in [-0.25, -0.2) is 9.37 Å². The fourth-order valence-corrected chi connectivity index (χ4v) is 3.20. The van der Waals surface area contributed by atoms with Gasteiger partial charge in [0, 0.05) is 30.0 Å². The van der Waals surface area contributed by atoms with E-state index in [1.807, 2.05) is 18.2 Å². The molecule has 1 saturated heterocycles. The van der Waals surface area contributed by atoms with Crippen molar-refractivity contribution in [1.82, 2.24) is 25.5 Å². The number of alkyl halides is 1. The summed E-state index contributed by atoms with van der Waals surface area (Å²) in [6.45, 7) is 0.881. The predicted octanol–water partition coefficient (Wildman–Crippen LogP) is 2.16. The van der Waals surface area contributed by atoms with Crippen molar-refractivity contribution in [2.24, 2.45) is 5.92 Å². The van der Waals surface area contributed by atoms with Crippen molar-refractivity contribution in [2.75, 3.05) is 30.3 Å². The highest BCUT2D eigenvalue weighted by Crippen LogP contribution is 2.30. The van der Waals surface area contributed by atoms with Gasteiger partial charge in [0.25, 0.3) is 0 Å². The SMILES string of the molecule is O=C(Nc1cc2cc(-c3cncc(NCC4(F)CNC4)n3)ccc2nn1)C1CC1. The summed E-state index contributed by atoms with van der Waals surface area (Å²) in [6, 6.07) is 7.47. The van der Waals surface area contributed by atoms with Gasteiger partial charge in [0.1, 0.15) is 5.82 Å². The largest absolute Gasteiger partial charge is 0.365 e. The van der Waals surface area contributed by atoms with Crippen molar-refractivity contribution in [3.05, 3.63) is 36.7 Å². The molecule has 0 spiro atoms. The van der Waals surface area contributed by atoms with Gasteiger partial charge in [-0.15, -0.1) is 10.2 Å². The highest BCUT2D eigenvalue weighted by Gasteiger charge is 2.36. The number of benzene rings is 1. The molecule has 5 rings (SSSR count). The smallest absolute Gasteiger partial charge is 0.228 e. The van der Waals surface area contributed by atoms with Crippen LogP contribution in [0, 0.1) is 5.92 Å². The summed E-state index contributed by atoms with van der Waals surface area (Å²) in [5.74, 6) is 1.06. The topological polar surface area (TPSA) is 105 Å². The van der Waals surface area contributed by atoms with Gasteiger partial charge in [0.05, 0.1) is 30.1 Å². The number of aromatic nitrogens is 4. The maximum absolute atomic E-state index is 14.2. The quantitative estimate of drug-likeness (QED) is 0.589. The van der Waals surface area contributed by atoms with Crippen LogP contribution in [0.2, 0.25) is 0 Å². The summed E-state index contributed by atoms with van der Waals surface area (Å²) in [6.07, 6.45) is 5.10. The van der Waals surface area contributed by atoms with Crippen LogP contribution in [0.5, 0.6) is 0 Å². The number of nitrogens with one attached hydrogen (secondary N) is 3. The van der Waals surface area contributed by atoms with Gasteiger partial charge in [0.2, 0.25) is 5.91 Å². The third-order valence-corrected chi connectivity index (χ3v) is 5.18. The summed E-state index contributed by atoms with van der Waals surface area (Å²) in [4.78, 5) is 20.7. The minimum atomic E-state index is -1.24. The van der Waals surface area contributed by atoms with Crippen LogP contribution in [0.1, 0.15) is 12.8 Å². The molecule has 1 aromatic carbocycles. The number of fused-ring (bicyclic) bond motifs is 1. The molecular formula is C20H20FN7O. The zero-order chi connectivity index (χ0) is 19.8. The summed E-state index contributed by atoms with van der Waals surface area (Å²) >= 11 is 0. The molecule has 8 nitrogen and oxygen atoms in total. The van der Waals surface area contributed by atoms with Crippen molar-refractivity contribution < 1.29 is 9.18 Å². The molecule has 1 amide bonds. The molecule has 0 radical (unpaired) electrons. The van der Waals surface area contributed by atoms with Gasteiger partial charge in [0.15, 0.2) is 11.5 Å². The summed E-state index contributed by atoms with van der Waals surface area (Å²) in [5.41, 5.74) is 0.997. The molecule has 29 heavy (non-hydrogen) atoms. The number of hydrogen-bond donors (Lipinski definition) is 3. The molecular weight excluding hydrogens is 373 g/mol. The Bertz CT molecular complexity index is 1080. The number of carbonyl (C=O) groups is 1. The maximum atomic E-state index is 14.2. The Morgan fingerprint density at radius 1 is 1.17 bits per heavy atom. The monoisotopic (exact) mass is 393 g/mol. The molecule has 0 unspecified atom stereocenters. The Kier molecular flexibility index (Phi) is 4.31. The van der Waals surface area contributed by atoms with E-state index in [9.17, 15) is 9.18 Å². The third kappa shape index (κ3) is 3.86. The standard InChI is InChI=1S/C20H20FN7O/c21-20(9-23-10-20)11-24-18-8-22-7-16(25-18)13-3-4-15-14(5-13)6-17(28-27-15)26-19(29)12-1-2-12/h3-8,12,23H,1-2,9-11H2,(H,24,25)(H,26,28,29). The molecule has 9 heteroatoms. The van der Waals surface area contributed by atoms with E-state index in [0.29, 0.717) is 30.4 Å². The minimum Gasteiger partial charge on any atom is -0.365 e. The Morgan fingerprint density at radius 3 is 2.79 bits per heavy atom. The molecule has 3 N–H and O–H groups in total. The van der Waals surface area contributed by atoms with Gasteiger partial charge in [-0.3, -0.25) is 9.78 Å². The number of anilines is 2. The van der Waals surface area contributed by atoms with E-state index in [4.69, 9.17) is 0 Å². The lowest BCUT2D eigenvalue weighted by atomic mass is 10.00. The van der Waals surface area contributed by atoms with E-state index in [1.165, 1.54) is 0 Å². The van der Waals surface area contributed by atoms with Crippen molar-refractivity contribution >= 4 is 28.4 Å². The molecule has 2 aromatic heterocycles. The number of hydrogen-bond acceptors (Lipinski definition) is 7. The average molecular weight is 393 g/mol. The van der Waals surface area contributed by atoms with E-state index in [1.54, 1.807) is 18.5 Å². The number of nitrogens with zero attached hydrogens (tertiary/aromatic N) is 4. The molecule has 148 valence electrons. The van der Waals surface area contributed by atoms with Crippen LogP contribution in [-0.4, -0.2) is 51.4 Å². The van der Waals surface area contributed by atoms with Gasteiger partial charge < -0.3 is 16.0 Å². The lowest BCUT2D eigenvalue weighted by Crippen LogP contribution is -2.59.